The second kappa shape index (κ2) is 6.14. The van der Waals surface area contributed by atoms with Gasteiger partial charge in [-0.15, -0.1) is 0 Å². The lowest BCUT2D eigenvalue weighted by molar-refractivity contribution is -0.160. The Kier molecular flexibility index (Phi) is 4.45. The van der Waals surface area contributed by atoms with Crippen LogP contribution in [0.2, 0.25) is 0 Å². The molecule has 9 heteroatoms. The van der Waals surface area contributed by atoms with Crippen molar-refractivity contribution >= 4 is 11.9 Å². The van der Waals surface area contributed by atoms with Crippen molar-refractivity contribution in [3.05, 3.63) is 33.1 Å². The van der Waals surface area contributed by atoms with Gasteiger partial charge >= 0.3 is 11.7 Å². The summed E-state index contributed by atoms with van der Waals surface area (Å²) in [5.74, 6) is -1.64. The number of ether oxygens (including phenoxy) is 1. The van der Waals surface area contributed by atoms with Gasteiger partial charge < -0.3 is 14.7 Å². The lowest BCUT2D eigenvalue weighted by Gasteiger charge is -2.34. The molecular weight excluding hydrogens is 294 g/mol. The number of carbonyl (C=O) groups is 2. The van der Waals surface area contributed by atoms with Crippen molar-refractivity contribution in [3.63, 3.8) is 0 Å². The summed E-state index contributed by atoms with van der Waals surface area (Å²) in [6.07, 6.45) is 2.04. The van der Waals surface area contributed by atoms with Crippen molar-refractivity contribution in [2.75, 3.05) is 20.3 Å². The Hall–Kier alpha value is -2.42. The van der Waals surface area contributed by atoms with Crippen molar-refractivity contribution < 1.29 is 19.4 Å². The fourth-order valence-electron chi connectivity index (χ4n) is 2.71. The number of nitrogens with one attached hydrogen (secondary N) is 1. The number of methoxy groups -OCH3 is 1. The molecule has 1 fully saturated rings. The van der Waals surface area contributed by atoms with Gasteiger partial charge in [0.25, 0.3) is 5.56 Å². The molecule has 0 saturated carbocycles. The van der Waals surface area contributed by atoms with Crippen LogP contribution in [0.1, 0.15) is 12.8 Å². The maximum Gasteiger partial charge on any atom is 0.332 e. The lowest BCUT2D eigenvalue weighted by Crippen LogP contribution is -2.57. The molecule has 0 aliphatic carbocycles. The van der Waals surface area contributed by atoms with Crippen LogP contribution in [0.15, 0.2) is 21.9 Å². The first-order valence-corrected chi connectivity index (χ1v) is 6.73. The van der Waals surface area contributed by atoms with E-state index in [-0.39, 0.29) is 19.7 Å². The molecular formula is C13H17N3O6. The number of H-pyrrole nitrogens is 1. The molecule has 120 valence electrons. The predicted molar refractivity (Wildman–Crippen MR) is 74.5 cm³/mol. The molecule has 1 amide bonds. The summed E-state index contributed by atoms with van der Waals surface area (Å²) in [6.45, 7) is -0.171. The van der Waals surface area contributed by atoms with Crippen molar-refractivity contribution in [1.29, 1.82) is 0 Å². The largest absolute Gasteiger partial charge is 0.479 e. The maximum atomic E-state index is 12.4. The average molecular weight is 311 g/mol. The molecule has 2 heterocycles. The molecule has 22 heavy (non-hydrogen) atoms. The van der Waals surface area contributed by atoms with Gasteiger partial charge in [-0.25, -0.2) is 9.59 Å². The van der Waals surface area contributed by atoms with Crippen molar-refractivity contribution in [1.82, 2.24) is 14.5 Å². The summed E-state index contributed by atoms with van der Waals surface area (Å²) in [4.78, 5) is 49.9. The summed E-state index contributed by atoms with van der Waals surface area (Å²) in [6, 6.07) is 1.12. The normalized spacial score (nSPS) is 21.0. The number of carboxylic acid groups (broad SMARTS) is 1. The van der Waals surface area contributed by atoms with E-state index in [0.29, 0.717) is 12.8 Å². The number of amides is 1. The Balaban J connectivity index is 2.26. The Bertz CT molecular complexity index is 694. The molecule has 0 radical (unpaired) electrons. The van der Waals surface area contributed by atoms with E-state index in [1.807, 2.05) is 4.98 Å². The topological polar surface area (TPSA) is 122 Å². The summed E-state index contributed by atoms with van der Waals surface area (Å²) < 4.78 is 6.00. The molecule has 2 N–H and O–H groups in total. The fourth-order valence-corrected chi connectivity index (χ4v) is 2.71. The third-order valence-electron chi connectivity index (χ3n) is 3.77. The molecule has 1 aliphatic rings. The molecule has 1 saturated heterocycles. The highest BCUT2D eigenvalue weighted by Crippen LogP contribution is 2.30. The SMILES string of the molecule is COCC1(C(=O)O)CCCN1C(=O)Cn1ccc(=O)[nH]c1=O. The number of hydrogen-bond donors (Lipinski definition) is 2. The van der Waals surface area contributed by atoms with E-state index in [2.05, 4.69) is 0 Å². The number of aromatic nitrogens is 2. The number of carbonyl (C=O) groups excluding carboxylic acids is 1. The molecule has 0 aromatic carbocycles. The molecule has 1 atom stereocenters. The fraction of sp³-hybridized carbons (Fsp3) is 0.538. The number of aromatic amines is 1. The molecule has 9 nitrogen and oxygen atoms in total. The monoisotopic (exact) mass is 311 g/mol. The predicted octanol–water partition coefficient (Wildman–Crippen LogP) is -1.37. The van der Waals surface area contributed by atoms with Gasteiger partial charge in [0.1, 0.15) is 6.54 Å². The van der Waals surface area contributed by atoms with Gasteiger partial charge in [-0.05, 0) is 12.8 Å². The third kappa shape index (κ3) is 2.80. The summed E-state index contributed by atoms with van der Waals surface area (Å²) in [5.41, 5.74) is -2.68. The van der Waals surface area contributed by atoms with Gasteiger partial charge in [0.15, 0.2) is 5.54 Å². The molecule has 1 aliphatic heterocycles. The second-order valence-electron chi connectivity index (χ2n) is 5.16. The first-order chi connectivity index (χ1) is 10.4. The quantitative estimate of drug-likeness (QED) is 0.692. The van der Waals surface area contributed by atoms with Gasteiger partial charge in [-0.2, -0.15) is 0 Å². The highest BCUT2D eigenvalue weighted by atomic mass is 16.5. The Morgan fingerprint density at radius 1 is 1.45 bits per heavy atom. The number of likely N-dealkylation sites (tertiary alicyclic amines) is 1. The van der Waals surface area contributed by atoms with E-state index in [0.717, 1.165) is 10.6 Å². The third-order valence-corrected chi connectivity index (χ3v) is 3.77. The number of carboxylic acids is 1. The second-order valence-corrected chi connectivity index (χ2v) is 5.16. The molecule has 1 aromatic heterocycles. The van der Waals surface area contributed by atoms with Gasteiger partial charge in [-0.1, -0.05) is 0 Å². The number of hydrogen-bond acceptors (Lipinski definition) is 5. The minimum Gasteiger partial charge on any atom is -0.479 e. The molecule has 1 unspecified atom stereocenters. The van der Waals surface area contributed by atoms with E-state index in [9.17, 15) is 24.3 Å². The van der Waals surface area contributed by atoms with E-state index in [1.165, 1.54) is 18.2 Å². The summed E-state index contributed by atoms with van der Waals surface area (Å²) in [7, 11) is 1.37. The van der Waals surface area contributed by atoms with Crippen molar-refractivity contribution in [2.24, 2.45) is 0 Å². The molecule has 0 bridgehead atoms. The number of aliphatic carboxylic acids is 1. The lowest BCUT2D eigenvalue weighted by atomic mass is 9.97. The van der Waals surface area contributed by atoms with Gasteiger partial charge in [0.05, 0.1) is 6.61 Å². The van der Waals surface area contributed by atoms with Crippen LogP contribution in [0, 0.1) is 0 Å². The van der Waals surface area contributed by atoms with Crippen molar-refractivity contribution in [3.8, 4) is 0 Å². The maximum absolute atomic E-state index is 12.4. The van der Waals surface area contributed by atoms with E-state index >= 15 is 0 Å². The number of rotatable bonds is 5. The summed E-state index contributed by atoms with van der Waals surface area (Å²) in [5, 5.41) is 9.48. The zero-order valence-corrected chi connectivity index (χ0v) is 12.1. The van der Waals surface area contributed by atoms with Crippen LogP contribution in [0.3, 0.4) is 0 Å². The molecule has 1 aromatic rings. The van der Waals surface area contributed by atoms with Gasteiger partial charge in [0, 0.05) is 25.9 Å². The smallest absolute Gasteiger partial charge is 0.332 e. The van der Waals surface area contributed by atoms with E-state index < -0.39 is 28.7 Å². The van der Waals surface area contributed by atoms with E-state index in [4.69, 9.17) is 4.74 Å². The highest BCUT2D eigenvalue weighted by molar-refractivity contribution is 5.87. The van der Waals surface area contributed by atoms with Crippen molar-refractivity contribution in [2.45, 2.75) is 24.9 Å². The molecule has 2 rings (SSSR count). The average Bonchev–Trinajstić information content (AvgIpc) is 2.87. The zero-order chi connectivity index (χ0) is 16.3. The summed E-state index contributed by atoms with van der Waals surface area (Å²) >= 11 is 0. The minimum absolute atomic E-state index is 0.116. The first kappa shape index (κ1) is 16.0. The van der Waals surface area contributed by atoms with Crippen LogP contribution in [-0.2, 0) is 20.9 Å². The molecule has 0 spiro atoms. The Labute approximate surface area is 125 Å². The van der Waals surface area contributed by atoms with Crippen LogP contribution < -0.4 is 11.2 Å². The van der Waals surface area contributed by atoms with Gasteiger partial charge in [0.2, 0.25) is 5.91 Å². The van der Waals surface area contributed by atoms with Crippen LogP contribution in [0.5, 0.6) is 0 Å². The van der Waals surface area contributed by atoms with Crippen LogP contribution >= 0.6 is 0 Å². The standard InChI is InChI=1S/C13H17N3O6/c1-22-8-13(11(19)20)4-2-5-16(13)10(18)7-15-6-3-9(17)14-12(15)21/h3,6H,2,4-5,7-8H2,1H3,(H,19,20)(H,14,17,21). The van der Waals surface area contributed by atoms with Crippen LogP contribution in [-0.4, -0.2) is 57.2 Å². The first-order valence-electron chi connectivity index (χ1n) is 6.73. The van der Waals surface area contributed by atoms with Crippen LogP contribution in [0.4, 0.5) is 0 Å². The Morgan fingerprint density at radius 2 is 2.18 bits per heavy atom. The minimum atomic E-state index is -1.41. The number of nitrogens with zero attached hydrogens (tertiary/aromatic N) is 2. The Morgan fingerprint density at radius 3 is 2.77 bits per heavy atom. The zero-order valence-electron chi connectivity index (χ0n) is 12.1. The van der Waals surface area contributed by atoms with E-state index in [1.54, 1.807) is 0 Å². The highest BCUT2D eigenvalue weighted by Gasteiger charge is 2.50. The van der Waals surface area contributed by atoms with Crippen LogP contribution in [0.25, 0.3) is 0 Å². The van der Waals surface area contributed by atoms with Gasteiger partial charge in [-0.3, -0.25) is 19.1 Å².